The highest BCUT2D eigenvalue weighted by Crippen LogP contribution is 2.36. The van der Waals surface area contributed by atoms with E-state index in [0.29, 0.717) is 24.6 Å². The third-order valence-corrected chi connectivity index (χ3v) is 5.54. The molecule has 1 aliphatic rings. The molecule has 0 bridgehead atoms. The Labute approximate surface area is 166 Å². The number of ether oxygens (including phenoxy) is 1. The Bertz CT molecular complexity index is 776. The Kier molecular flexibility index (Phi) is 6.55. The number of hydrogen-bond donors (Lipinski definition) is 0. The van der Waals surface area contributed by atoms with Gasteiger partial charge in [0.25, 0.3) is 0 Å². The van der Waals surface area contributed by atoms with Gasteiger partial charge in [-0.25, -0.2) is 4.98 Å². The minimum atomic E-state index is -0.539. The first-order valence-electron chi connectivity index (χ1n) is 9.70. The zero-order chi connectivity index (χ0) is 19.3. The molecule has 6 heteroatoms. The number of nitrogens with zero attached hydrogens (tertiary/aromatic N) is 3. The molecule has 5 nitrogen and oxygen atoms in total. The van der Waals surface area contributed by atoms with Crippen molar-refractivity contribution in [3.8, 4) is 0 Å². The largest absolute Gasteiger partial charge is 0.466 e. The zero-order valence-corrected chi connectivity index (χ0v) is 16.9. The first kappa shape index (κ1) is 19.9. The van der Waals surface area contributed by atoms with Crippen molar-refractivity contribution in [3.05, 3.63) is 53.1 Å². The topological polar surface area (TPSA) is 47.4 Å². The van der Waals surface area contributed by atoms with E-state index in [1.54, 1.807) is 0 Å². The summed E-state index contributed by atoms with van der Waals surface area (Å²) in [4.78, 5) is 19.8. The third-order valence-electron chi connectivity index (χ3n) is 5.30. The van der Waals surface area contributed by atoms with Gasteiger partial charge in [-0.05, 0) is 57.4 Å². The van der Waals surface area contributed by atoms with Gasteiger partial charge in [-0.1, -0.05) is 23.7 Å². The minimum Gasteiger partial charge on any atom is -0.466 e. The lowest BCUT2D eigenvalue weighted by Crippen LogP contribution is -2.49. The first-order valence-corrected chi connectivity index (χ1v) is 10.1. The van der Waals surface area contributed by atoms with Crippen LogP contribution in [0.5, 0.6) is 0 Å². The number of likely N-dealkylation sites (tertiary alicyclic amines) is 1. The quantitative estimate of drug-likeness (QED) is 0.673. The number of aromatic nitrogens is 2. The van der Waals surface area contributed by atoms with Gasteiger partial charge in [0.15, 0.2) is 0 Å². The molecule has 0 amide bonds. The molecule has 1 aromatic carbocycles. The van der Waals surface area contributed by atoms with Crippen molar-refractivity contribution in [3.63, 3.8) is 0 Å². The lowest BCUT2D eigenvalue weighted by atomic mass is 9.75. The SMILES string of the molecule is CCOC(=O)[C@@]1(Cc2cccc(Cl)c2)CCCN(Cc2nccn2CC)C1. The van der Waals surface area contributed by atoms with Crippen LogP contribution in [0.2, 0.25) is 5.02 Å². The first-order chi connectivity index (χ1) is 13.1. The maximum atomic E-state index is 13.0. The fourth-order valence-electron chi connectivity index (χ4n) is 4.05. The van der Waals surface area contributed by atoms with Crippen LogP contribution in [0.3, 0.4) is 0 Å². The number of carbonyl (C=O) groups is 1. The van der Waals surface area contributed by atoms with E-state index in [1.807, 2.05) is 43.6 Å². The van der Waals surface area contributed by atoms with Gasteiger partial charge in [0.1, 0.15) is 5.82 Å². The molecule has 0 N–H and O–H groups in total. The van der Waals surface area contributed by atoms with Gasteiger partial charge in [0.2, 0.25) is 0 Å². The fraction of sp³-hybridized carbons (Fsp3) is 0.524. The van der Waals surface area contributed by atoms with Crippen molar-refractivity contribution >= 4 is 17.6 Å². The van der Waals surface area contributed by atoms with Gasteiger partial charge >= 0.3 is 5.97 Å². The van der Waals surface area contributed by atoms with E-state index in [0.717, 1.165) is 43.9 Å². The summed E-state index contributed by atoms with van der Waals surface area (Å²) in [6.07, 6.45) is 6.28. The van der Waals surface area contributed by atoms with Gasteiger partial charge < -0.3 is 9.30 Å². The predicted molar refractivity (Wildman–Crippen MR) is 107 cm³/mol. The lowest BCUT2D eigenvalue weighted by Gasteiger charge is -2.41. The summed E-state index contributed by atoms with van der Waals surface area (Å²) in [5.74, 6) is 0.938. The Morgan fingerprint density at radius 3 is 2.96 bits per heavy atom. The molecule has 1 aromatic heterocycles. The minimum absolute atomic E-state index is 0.103. The molecule has 146 valence electrons. The smallest absolute Gasteiger partial charge is 0.313 e. The van der Waals surface area contributed by atoms with Crippen LogP contribution in [-0.2, 0) is 29.0 Å². The number of benzene rings is 1. The number of halogens is 1. The van der Waals surface area contributed by atoms with Crippen molar-refractivity contribution in [1.82, 2.24) is 14.5 Å². The van der Waals surface area contributed by atoms with Crippen LogP contribution in [0.25, 0.3) is 0 Å². The molecule has 0 unspecified atom stereocenters. The maximum absolute atomic E-state index is 13.0. The molecule has 27 heavy (non-hydrogen) atoms. The monoisotopic (exact) mass is 389 g/mol. The van der Waals surface area contributed by atoms with Crippen LogP contribution in [0.1, 0.15) is 38.1 Å². The molecule has 0 saturated carbocycles. The second kappa shape index (κ2) is 8.89. The summed E-state index contributed by atoms with van der Waals surface area (Å²) in [5.41, 5.74) is 0.537. The van der Waals surface area contributed by atoms with E-state index in [4.69, 9.17) is 16.3 Å². The predicted octanol–water partition coefficient (Wildman–Crippen LogP) is 3.94. The molecule has 0 radical (unpaired) electrons. The lowest BCUT2D eigenvalue weighted by molar-refractivity contribution is -0.159. The van der Waals surface area contributed by atoms with E-state index in [2.05, 4.69) is 21.4 Å². The number of carbonyl (C=O) groups excluding carboxylic acids is 1. The molecular formula is C21H28ClN3O2. The Balaban J connectivity index is 1.82. The van der Waals surface area contributed by atoms with Crippen LogP contribution in [0.4, 0.5) is 0 Å². The van der Waals surface area contributed by atoms with Crippen LogP contribution >= 0.6 is 11.6 Å². The van der Waals surface area contributed by atoms with E-state index in [1.165, 1.54) is 0 Å². The number of esters is 1. The number of imidazole rings is 1. The third kappa shape index (κ3) is 4.71. The summed E-state index contributed by atoms with van der Waals surface area (Å²) < 4.78 is 7.65. The highest BCUT2D eigenvalue weighted by atomic mass is 35.5. The van der Waals surface area contributed by atoms with Crippen LogP contribution in [0, 0.1) is 5.41 Å². The highest BCUT2D eigenvalue weighted by Gasteiger charge is 2.43. The standard InChI is InChI=1S/C21H28ClN3O2/c1-3-25-12-10-23-19(25)15-24-11-6-9-21(16-24,20(26)27-4-2)14-17-7-5-8-18(22)13-17/h5,7-8,10,12-13H,3-4,6,9,11,14-16H2,1-2H3/t21-/m1/s1. The second-order valence-corrected chi connectivity index (χ2v) is 7.69. The van der Waals surface area contributed by atoms with Crippen LogP contribution < -0.4 is 0 Å². The average molecular weight is 390 g/mol. The van der Waals surface area contributed by atoms with Crippen molar-refractivity contribution in [2.45, 2.75) is 46.2 Å². The summed E-state index contributed by atoms with van der Waals surface area (Å²) >= 11 is 6.17. The molecule has 1 atom stereocenters. The molecular weight excluding hydrogens is 362 g/mol. The second-order valence-electron chi connectivity index (χ2n) is 7.25. The van der Waals surface area contributed by atoms with Crippen LogP contribution in [0.15, 0.2) is 36.7 Å². The average Bonchev–Trinajstić information content (AvgIpc) is 3.09. The maximum Gasteiger partial charge on any atom is 0.313 e. The molecule has 1 aliphatic heterocycles. The summed E-state index contributed by atoms with van der Waals surface area (Å²) in [6, 6.07) is 7.79. The summed E-state index contributed by atoms with van der Waals surface area (Å²) in [6.45, 7) is 7.66. The van der Waals surface area contributed by atoms with Gasteiger partial charge in [-0.3, -0.25) is 9.69 Å². The van der Waals surface area contributed by atoms with Crippen molar-refractivity contribution in [2.24, 2.45) is 5.41 Å². The number of aryl methyl sites for hydroxylation is 1. The highest BCUT2D eigenvalue weighted by molar-refractivity contribution is 6.30. The van der Waals surface area contributed by atoms with Gasteiger partial charge in [0.05, 0.1) is 18.6 Å². The Hall–Kier alpha value is -1.85. The van der Waals surface area contributed by atoms with Gasteiger partial charge in [0, 0.05) is 30.5 Å². The van der Waals surface area contributed by atoms with E-state index in [9.17, 15) is 4.79 Å². The molecule has 3 rings (SSSR count). The normalized spacial score (nSPS) is 20.6. The van der Waals surface area contributed by atoms with Crippen molar-refractivity contribution in [1.29, 1.82) is 0 Å². The van der Waals surface area contributed by atoms with E-state index in [-0.39, 0.29) is 5.97 Å². The summed E-state index contributed by atoms with van der Waals surface area (Å²) in [5, 5.41) is 0.698. The van der Waals surface area contributed by atoms with Gasteiger partial charge in [-0.2, -0.15) is 0 Å². The van der Waals surface area contributed by atoms with Crippen molar-refractivity contribution in [2.75, 3.05) is 19.7 Å². The molecule has 0 aliphatic carbocycles. The molecule has 1 saturated heterocycles. The molecule has 0 spiro atoms. The van der Waals surface area contributed by atoms with Crippen LogP contribution in [-0.4, -0.2) is 40.1 Å². The zero-order valence-electron chi connectivity index (χ0n) is 16.2. The van der Waals surface area contributed by atoms with E-state index < -0.39 is 5.41 Å². The number of piperidine rings is 1. The Morgan fingerprint density at radius 1 is 1.37 bits per heavy atom. The molecule has 2 heterocycles. The van der Waals surface area contributed by atoms with Crippen molar-refractivity contribution < 1.29 is 9.53 Å². The van der Waals surface area contributed by atoms with Gasteiger partial charge in [-0.15, -0.1) is 0 Å². The fourth-order valence-corrected chi connectivity index (χ4v) is 4.26. The van der Waals surface area contributed by atoms with E-state index >= 15 is 0 Å². The molecule has 1 fully saturated rings. The number of hydrogen-bond acceptors (Lipinski definition) is 4. The Morgan fingerprint density at radius 2 is 2.22 bits per heavy atom. The number of rotatable bonds is 7. The summed E-state index contributed by atoms with van der Waals surface area (Å²) in [7, 11) is 0. The molecule has 2 aromatic rings.